The lowest BCUT2D eigenvalue weighted by molar-refractivity contribution is -0.114. The van der Waals surface area contributed by atoms with Crippen molar-refractivity contribution >= 4 is 24.5 Å². The minimum Gasteiger partial charge on any atom is -0.445 e. The fraction of sp³-hybridized carbons (Fsp3) is 0.211. The highest BCUT2D eigenvalue weighted by Crippen LogP contribution is 2.17. The van der Waals surface area contributed by atoms with Gasteiger partial charge < -0.3 is 15.0 Å². The monoisotopic (exact) mass is 352 g/mol. The van der Waals surface area contributed by atoms with E-state index in [2.05, 4.69) is 10.4 Å². The molecule has 0 radical (unpaired) electrons. The van der Waals surface area contributed by atoms with E-state index in [1.807, 2.05) is 59.6 Å². The Hall–Kier alpha value is -3.35. The number of benzene rings is 2. The van der Waals surface area contributed by atoms with Gasteiger partial charge in [-0.15, -0.1) is 0 Å². The molecule has 3 rings (SSSR count). The van der Waals surface area contributed by atoms with Crippen LogP contribution in [0.2, 0.25) is 0 Å². The van der Waals surface area contributed by atoms with E-state index < -0.39 is 6.09 Å². The minimum absolute atomic E-state index is 0.246. The van der Waals surface area contributed by atoms with Crippen LogP contribution in [0, 0.1) is 0 Å². The van der Waals surface area contributed by atoms with E-state index in [-0.39, 0.29) is 6.61 Å². The largest absolute Gasteiger partial charge is 0.445 e. The molecule has 0 aromatic heterocycles. The average Bonchev–Trinajstić information content (AvgIpc) is 2.72. The number of carbonyl (C=O) groups is 2. The molecule has 2 aromatic rings. The van der Waals surface area contributed by atoms with Crippen molar-refractivity contribution in [1.82, 2.24) is 10.2 Å². The molecule has 1 N–H and O–H groups in total. The Morgan fingerprint density at radius 2 is 1.85 bits per heavy atom. The molecule has 7 heteroatoms. The van der Waals surface area contributed by atoms with E-state index in [1.54, 1.807) is 0 Å². The number of nitrogens with one attached hydrogen (secondary N) is 1. The predicted octanol–water partition coefficient (Wildman–Crippen LogP) is 2.33. The van der Waals surface area contributed by atoms with Crippen molar-refractivity contribution in [2.45, 2.75) is 13.2 Å². The summed E-state index contributed by atoms with van der Waals surface area (Å²) in [6.45, 7) is 1.87. The molecule has 0 saturated carbocycles. The molecule has 2 aromatic carbocycles. The van der Waals surface area contributed by atoms with Gasteiger partial charge in [-0.2, -0.15) is 5.10 Å². The minimum atomic E-state index is -0.451. The van der Waals surface area contributed by atoms with Crippen molar-refractivity contribution in [1.29, 1.82) is 0 Å². The quantitative estimate of drug-likeness (QED) is 0.810. The van der Waals surface area contributed by atoms with Crippen LogP contribution in [0.3, 0.4) is 0 Å². The number of hydrazone groups is 1. The molecule has 1 heterocycles. The highest BCUT2D eigenvalue weighted by atomic mass is 16.5. The fourth-order valence-electron chi connectivity index (χ4n) is 2.46. The number of ether oxygens (including phenoxy) is 1. The van der Waals surface area contributed by atoms with Gasteiger partial charge in [-0.3, -0.25) is 9.80 Å². The van der Waals surface area contributed by atoms with Crippen molar-refractivity contribution in [3.8, 4) is 0 Å². The summed E-state index contributed by atoms with van der Waals surface area (Å²) in [5.41, 5.74) is 2.84. The van der Waals surface area contributed by atoms with E-state index in [1.165, 1.54) is 11.2 Å². The summed E-state index contributed by atoms with van der Waals surface area (Å²) in [5.74, 6) is 0. The first-order valence-electron chi connectivity index (χ1n) is 8.31. The Balaban J connectivity index is 1.45. The van der Waals surface area contributed by atoms with Crippen molar-refractivity contribution < 1.29 is 14.3 Å². The molecule has 0 fully saturated rings. The normalized spacial score (nSPS) is 13.4. The standard InChI is InChI=1S/C19H20N4O3/c24-15-22-10-11-23(21-14-22)18-8-6-16(7-9-18)12-20-19(25)26-13-17-4-2-1-3-5-17/h1-9,14-15H,10-13H2,(H,20,25). The van der Waals surface area contributed by atoms with Crippen LogP contribution in [0.15, 0.2) is 59.7 Å². The summed E-state index contributed by atoms with van der Waals surface area (Å²) in [4.78, 5) is 23.9. The first kappa shape index (κ1) is 17.5. The summed E-state index contributed by atoms with van der Waals surface area (Å²) in [6.07, 6.45) is 1.81. The van der Waals surface area contributed by atoms with Crippen LogP contribution in [0.25, 0.3) is 0 Å². The lowest BCUT2D eigenvalue weighted by Crippen LogP contribution is -2.36. The van der Waals surface area contributed by atoms with E-state index in [0.29, 0.717) is 19.6 Å². The van der Waals surface area contributed by atoms with Gasteiger partial charge in [0.05, 0.1) is 12.2 Å². The van der Waals surface area contributed by atoms with E-state index >= 15 is 0 Å². The summed E-state index contributed by atoms with van der Waals surface area (Å²) in [5, 5.41) is 8.78. The Morgan fingerprint density at radius 3 is 2.50 bits per heavy atom. The van der Waals surface area contributed by atoms with E-state index in [0.717, 1.165) is 23.2 Å². The molecule has 1 aliphatic heterocycles. The number of carbonyl (C=O) groups excluding carboxylic acids is 2. The number of amides is 2. The van der Waals surface area contributed by atoms with Crippen molar-refractivity contribution in [3.63, 3.8) is 0 Å². The van der Waals surface area contributed by atoms with Crippen LogP contribution in [-0.4, -0.2) is 36.8 Å². The Morgan fingerprint density at radius 1 is 1.08 bits per heavy atom. The molecule has 0 bridgehead atoms. The van der Waals surface area contributed by atoms with Gasteiger partial charge in [-0.25, -0.2) is 4.79 Å². The summed E-state index contributed by atoms with van der Waals surface area (Å²) < 4.78 is 5.18. The molecule has 0 aliphatic carbocycles. The van der Waals surface area contributed by atoms with Crippen molar-refractivity contribution in [3.05, 3.63) is 65.7 Å². The third kappa shape index (κ3) is 4.83. The molecular weight excluding hydrogens is 332 g/mol. The second-order valence-electron chi connectivity index (χ2n) is 5.78. The van der Waals surface area contributed by atoms with E-state index in [9.17, 15) is 9.59 Å². The van der Waals surface area contributed by atoms with Gasteiger partial charge in [0.2, 0.25) is 6.41 Å². The van der Waals surface area contributed by atoms with Gasteiger partial charge in [-0.1, -0.05) is 42.5 Å². The zero-order chi connectivity index (χ0) is 18.2. The zero-order valence-electron chi connectivity index (χ0n) is 14.2. The zero-order valence-corrected chi connectivity index (χ0v) is 14.2. The smallest absolute Gasteiger partial charge is 0.407 e. The first-order chi connectivity index (χ1) is 12.7. The second-order valence-corrected chi connectivity index (χ2v) is 5.78. The van der Waals surface area contributed by atoms with Gasteiger partial charge in [0.15, 0.2) is 0 Å². The maximum Gasteiger partial charge on any atom is 0.407 e. The summed E-state index contributed by atoms with van der Waals surface area (Å²) in [6, 6.07) is 17.2. The summed E-state index contributed by atoms with van der Waals surface area (Å²) >= 11 is 0. The molecule has 2 amide bonds. The Bertz CT molecular complexity index is 762. The van der Waals surface area contributed by atoms with Crippen molar-refractivity contribution in [2.75, 3.05) is 18.1 Å². The molecule has 26 heavy (non-hydrogen) atoms. The Kier molecular flexibility index (Phi) is 5.82. The fourth-order valence-corrected chi connectivity index (χ4v) is 2.46. The number of hydrogen-bond donors (Lipinski definition) is 1. The topological polar surface area (TPSA) is 74.2 Å². The van der Waals surface area contributed by atoms with Gasteiger partial charge in [-0.05, 0) is 23.3 Å². The number of nitrogens with zero attached hydrogens (tertiary/aromatic N) is 3. The number of hydrogen-bond acceptors (Lipinski definition) is 5. The third-order valence-corrected chi connectivity index (χ3v) is 3.93. The molecular formula is C19H20N4O3. The van der Waals surface area contributed by atoms with Gasteiger partial charge in [0.25, 0.3) is 0 Å². The lowest BCUT2D eigenvalue weighted by atomic mass is 10.2. The molecule has 7 nitrogen and oxygen atoms in total. The van der Waals surface area contributed by atoms with Gasteiger partial charge in [0.1, 0.15) is 12.9 Å². The highest BCUT2D eigenvalue weighted by Gasteiger charge is 2.12. The van der Waals surface area contributed by atoms with Crippen molar-refractivity contribution in [2.24, 2.45) is 5.10 Å². The van der Waals surface area contributed by atoms with Gasteiger partial charge in [0, 0.05) is 13.1 Å². The summed E-state index contributed by atoms with van der Waals surface area (Å²) in [7, 11) is 0. The first-order valence-corrected chi connectivity index (χ1v) is 8.31. The highest BCUT2D eigenvalue weighted by molar-refractivity contribution is 5.74. The molecule has 0 unspecified atom stereocenters. The third-order valence-electron chi connectivity index (χ3n) is 3.93. The molecule has 0 atom stereocenters. The van der Waals surface area contributed by atoms with Crippen LogP contribution >= 0.6 is 0 Å². The predicted molar refractivity (Wildman–Crippen MR) is 98.5 cm³/mol. The molecule has 1 aliphatic rings. The van der Waals surface area contributed by atoms with Crippen LogP contribution in [-0.2, 0) is 22.7 Å². The average molecular weight is 352 g/mol. The lowest BCUT2D eigenvalue weighted by Gasteiger charge is -2.26. The Labute approximate surface area is 151 Å². The number of rotatable bonds is 6. The van der Waals surface area contributed by atoms with Crippen LogP contribution in [0.5, 0.6) is 0 Å². The van der Waals surface area contributed by atoms with Gasteiger partial charge >= 0.3 is 6.09 Å². The molecule has 0 spiro atoms. The SMILES string of the molecule is O=CN1C=NN(c2ccc(CNC(=O)OCc3ccccc3)cc2)CC1. The molecule has 134 valence electrons. The maximum atomic E-state index is 11.8. The number of alkyl carbamates (subject to hydrolysis) is 1. The van der Waals surface area contributed by atoms with E-state index in [4.69, 9.17) is 4.74 Å². The maximum absolute atomic E-state index is 11.8. The van der Waals surface area contributed by atoms with Crippen LogP contribution in [0.4, 0.5) is 10.5 Å². The molecule has 0 saturated heterocycles. The second kappa shape index (κ2) is 8.66. The van der Waals surface area contributed by atoms with Crippen LogP contribution < -0.4 is 10.3 Å². The van der Waals surface area contributed by atoms with Crippen LogP contribution in [0.1, 0.15) is 11.1 Å². The number of anilines is 1.